The molecule has 0 saturated carbocycles. The van der Waals surface area contributed by atoms with E-state index in [1.165, 1.54) is 19.2 Å². The molecule has 31 heavy (non-hydrogen) atoms. The topological polar surface area (TPSA) is 96.2 Å². The molecule has 0 N–H and O–H groups in total. The lowest BCUT2D eigenvalue weighted by molar-refractivity contribution is 0.0746. The third-order valence-electron chi connectivity index (χ3n) is 5.82. The van der Waals surface area contributed by atoms with E-state index in [-0.39, 0.29) is 5.91 Å². The maximum Gasteiger partial charge on any atom is 0.254 e. The van der Waals surface area contributed by atoms with Crippen molar-refractivity contribution in [2.75, 3.05) is 49.1 Å². The molecule has 0 atom stereocenters. The molecule has 0 spiro atoms. The SMILES string of the molecule is Cc1cc(N2CCN(C(=O)c3cccc(-n4cnnn4)c3)CC2)nc(N2CCCC2)n1. The molecule has 1 aromatic carbocycles. The maximum absolute atomic E-state index is 13.1. The molecule has 0 unspecified atom stereocenters. The Morgan fingerprint density at radius 1 is 0.935 bits per heavy atom. The minimum absolute atomic E-state index is 0.0196. The van der Waals surface area contributed by atoms with E-state index in [9.17, 15) is 4.79 Å². The first-order valence-electron chi connectivity index (χ1n) is 10.7. The number of anilines is 2. The number of aromatic nitrogens is 6. The summed E-state index contributed by atoms with van der Waals surface area (Å²) in [5, 5.41) is 11.2. The zero-order valence-corrected chi connectivity index (χ0v) is 17.6. The number of carbonyl (C=O) groups excluding carboxylic acids is 1. The average molecular weight is 419 g/mol. The minimum Gasteiger partial charge on any atom is -0.353 e. The number of nitrogens with zero attached hydrogens (tertiary/aromatic N) is 9. The van der Waals surface area contributed by atoms with Crippen molar-refractivity contribution in [1.29, 1.82) is 0 Å². The first-order valence-corrected chi connectivity index (χ1v) is 10.7. The zero-order valence-electron chi connectivity index (χ0n) is 17.6. The van der Waals surface area contributed by atoms with Gasteiger partial charge in [-0.15, -0.1) is 5.10 Å². The van der Waals surface area contributed by atoms with Gasteiger partial charge in [0.05, 0.1) is 5.69 Å². The fourth-order valence-electron chi connectivity index (χ4n) is 4.14. The predicted molar refractivity (Wildman–Crippen MR) is 115 cm³/mol. The van der Waals surface area contributed by atoms with E-state index < -0.39 is 0 Å². The van der Waals surface area contributed by atoms with Gasteiger partial charge in [0.2, 0.25) is 5.95 Å². The molecule has 2 aliphatic heterocycles. The van der Waals surface area contributed by atoms with Crippen LogP contribution in [-0.2, 0) is 0 Å². The lowest BCUT2D eigenvalue weighted by atomic mass is 10.1. The molecule has 4 heterocycles. The Labute approximate surface area is 180 Å². The third-order valence-corrected chi connectivity index (χ3v) is 5.82. The molecule has 0 radical (unpaired) electrons. The molecule has 5 rings (SSSR count). The Balaban J connectivity index is 1.27. The number of benzene rings is 1. The zero-order chi connectivity index (χ0) is 21.2. The highest BCUT2D eigenvalue weighted by Crippen LogP contribution is 2.22. The molecular weight excluding hydrogens is 394 g/mol. The third kappa shape index (κ3) is 4.05. The summed E-state index contributed by atoms with van der Waals surface area (Å²) in [6, 6.07) is 9.41. The highest BCUT2D eigenvalue weighted by molar-refractivity contribution is 5.95. The van der Waals surface area contributed by atoms with Crippen LogP contribution in [0.15, 0.2) is 36.7 Å². The van der Waals surface area contributed by atoms with Crippen molar-refractivity contribution in [3.8, 4) is 5.69 Å². The number of hydrogen-bond donors (Lipinski definition) is 0. The second kappa shape index (κ2) is 8.29. The summed E-state index contributed by atoms with van der Waals surface area (Å²) in [4.78, 5) is 28.9. The van der Waals surface area contributed by atoms with Crippen LogP contribution in [0.3, 0.4) is 0 Å². The van der Waals surface area contributed by atoms with Crippen LogP contribution in [0, 0.1) is 6.92 Å². The van der Waals surface area contributed by atoms with E-state index >= 15 is 0 Å². The van der Waals surface area contributed by atoms with Gasteiger partial charge in [0.25, 0.3) is 5.91 Å². The maximum atomic E-state index is 13.1. The van der Waals surface area contributed by atoms with Crippen LogP contribution in [0.2, 0.25) is 0 Å². The largest absolute Gasteiger partial charge is 0.353 e. The Hall–Kier alpha value is -3.56. The van der Waals surface area contributed by atoms with Gasteiger partial charge in [-0.1, -0.05) is 6.07 Å². The van der Waals surface area contributed by atoms with Gasteiger partial charge >= 0.3 is 0 Å². The lowest BCUT2D eigenvalue weighted by Gasteiger charge is -2.35. The van der Waals surface area contributed by atoms with Crippen molar-refractivity contribution in [3.05, 3.63) is 47.9 Å². The summed E-state index contributed by atoms with van der Waals surface area (Å²) >= 11 is 0. The molecule has 0 bridgehead atoms. The van der Waals surface area contributed by atoms with Gasteiger partial charge in [-0.05, 0) is 48.4 Å². The Morgan fingerprint density at radius 2 is 1.74 bits per heavy atom. The number of tetrazole rings is 1. The van der Waals surface area contributed by atoms with Gasteiger partial charge in [0.15, 0.2) is 0 Å². The van der Waals surface area contributed by atoms with Crippen molar-refractivity contribution < 1.29 is 4.79 Å². The van der Waals surface area contributed by atoms with Gasteiger partial charge < -0.3 is 14.7 Å². The van der Waals surface area contributed by atoms with Crippen LogP contribution in [0.25, 0.3) is 5.69 Å². The minimum atomic E-state index is 0.0196. The molecule has 2 saturated heterocycles. The molecule has 3 aromatic rings. The fraction of sp³-hybridized carbons (Fsp3) is 0.429. The smallest absolute Gasteiger partial charge is 0.254 e. The molecule has 10 nitrogen and oxygen atoms in total. The standard InChI is InChI=1S/C21H25N9O/c1-16-13-19(24-21(23-16)29-7-2-3-8-29)27-9-11-28(12-10-27)20(31)17-5-4-6-18(14-17)30-15-22-25-26-30/h4-6,13-15H,2-3,7-12H2,1H3. The number of hydrogen-bond acceptors (Lipinski definition) is 8. The quantitative estimate of drug-likeness (QED) is 0.625. The summed E-state index contributed by atoms with van der Waals surface area (Å²) in [6.07, 6.45) is 3.91. The summed E-state index contributed by atoms with van der Waals surface area (Å²) in [5.74, 6) is 1.79. The van der Waals surface area contributed by atoms with Crippen LogP contribution < -0.4 is 9.80 Å². The normalized spacial score (nSPS) is 16.7. The second-order valence-electron chi connectivity index (χ2n) is 7.95. The van der Waals surface area contributed by atoms with Crippen LogP contribution >= 0.6 is 0 Å². The number of amides is 1. The highest BCUT2D eigenvalue weighted by atomic mass is 16.2. The number of piperazine rings is 1. The van der Waals surface area contributed by atoms with Crippen LogP contribution in [0.1, 0.15) is 28.9 Å². The Morgan fingerprint density at radius 3 is 2.48 bits per heavy atom. The van der Waals surface area contributed by atoms with E-state index in [0.717, 1.165) is 49.3 Å². The molecule has 10 heteroatoms. The average Bonchev–Trinajstić information content (AvgIpc) is 3.53. The summed E-state index contributed by atoms with van der Waals surface area (Å²) < 4.78 is 1.55. The van der Waals surface area contributed by atoms with E-state index in [0.29, 0.717) is 18.7 Å². The highest BCUT2D eigenvalue weighted by Gasteiger charge is 2.24. The van der Waals surface area contributed by atoms with E-state index in [1.54, 1.807) is 4.68 Å². The van der Waals surface area contributed by atoms with Crippen molar-refractivity contribution in [1.82, 2.24) is 35.1 Å². The predicted octanol–water partition coefficient (Wildman–Crippen LogP) is 1.32. The number of carbonyl (C=O) groups is 1. The van der Waals surface area contributed by atoms with Crippen molar-refractivity contribution in [2.45, 2.75) is 19.8 Å². The van der Waals surface area contributed by atoms with Gasteiger partial charge in [-0.25, -0.2) is 9.67 Å². The van der Waals surface area contributed by atoms with Crippen LogP contribution in [-0.4, -0.2) is 80.3 Å². The molecule has 1 amide bonds. The molecule has 2 fully saturated rings. The Bertz CT molecular complexity index is 1050. The fourth-order valence-corrected chi connectivity index (χ4v) is 4.14. The first kappa shape index (κ1) is 19.4. The van der Waals surface area contributed by atoms with E-state index in [1.807, 2.05) is 42.2 Å². The van der Waals surface area contributed by atoms with Gasteiger partial charge in [-0.2, -0.15) is 4.98 Å². The van der Waals surface area contributed by atoms with E-state index in [4.69, 9.17) is 4.98 Å². The molecular formula is C21H25N9O. The van der Waals surface area contributed by atoms with Crippen molar-refractivity contribution in [3.63, 3.8) is 0 Å². The number of rotatable bonds is 4. The van der Waals surface area contributed by atoms with Crippen LogP contribution in [0.5, 0.6) is 0 Å². The van der Waals surface area contributed by atoms with E-state index in [2.05, 4.69) is 30.3 Å². The van der Waals surface area contributed by atoms with Crippen molar-refractivity contribution in [2.24, 2.45) is 0 Å². The molecule has 2 aromatic heterocycles. The molecule has 0 aliphatic carbocycles. The second-order valence-corrected chi connectivity index (χ2v) is 7.95. The lowest BCUT2D eigenvalue weighted by Crippen LogP contribution is -2.49. The summed E-state index contributed by atoms with van der Waals surface area (Å²) in [5.41, 5.74) is 2.38. The van der Waals surface area contributed by atoms with Crippen molar-refractivity contribution >= 4 is 17.7 Å². The number of aryl methyl sites for hydroxylation is 1. The Kier molecular flexibility index (Phi) is 5.19. The summed E-state index contributed by atoms with van der Waals surface area (Å²) in [7, 11) is 0. The monoisotopic (exact) mass is 419 g/mol. The molecule has 160 valence electrons. The van der Waals surface area contributed by atoms with Gasteiger partial charge in [-0.3, -0.25) is 4.79 Å². The first-order chi connectivity index (χ1) is 15.2. The summed E-state index contributed by atoms with van der Waals surface area (Å²) in [6.45, 7) is 6.85. The van der Waals surface area contributed by atoms with Crippen LogP contribution in [0.4, 0.5) is 11.8 Å². The van der Waals surface area contributed by atoms with Gasteiger partial charge in [0, 0.05) is 56.6 Å². The van der Waals surface area contributed by atoms with Gasteiger partial charge in [0.1, 0.15) is 12.1 Å². The molecule has 2 aliphatic rings.